The zero-order chi connectivity index (χ0) is 60.2. The summed E-state index contributed by atoms with van der Waals surface area (Å²) in [6.45, 7) is 34.3. The van der Waals surface area contributed by atoms with E-state index in [-0.39, 0.29) is 77.0 Å². The Morgan fingerprint density at radius 3 is 1.18 bits per heavy atom. The van der Waals surface area contributed by atoms with Crippen LogP contribution in [0.25, 0.3) is 0 Å². The van der Waals surface area contributed by atoms with Crippen LogP contribution in [0, 0.1) is 42.6 Å². The van der Waals surface area contributed by atoms with Gasteiger partial charge in [-0.3, -0.25) is 9.59 Å². The zero-order valence-electron chi connectivity index (χ0n) is 52.8. The van der Waals surface area contributed by atoms with Crippen LogP contribution in [0.5, 0.6) is 11.5 Å². The first-order valence-corrected chi connectivity index (χ1v) is 33.0. The van der Waals surface area contributed by atoms with E-state index in [9.17, 15) is 24.3 Å². The largest absolute Gasteiger partial charge is 1.00 e. The Balaban J connectivity index is 0.000000337. The summed E-state index contributed by atoms with van der Waals surface area (Å²) in [6.07, 6.45) is 15.4. The topological polar surface area (TPSA) is 150 Å². The Kier molecular flexibility index (Phi) is 31.1. The van der Waals surface area contributed by atoms with E-state index in [2.05, 4.69) is 104 Å². The van der Waals surface area contributed by atoms with E-state index in [0.29, 0.717) is 43.8 Å². The van der Waals surface area contributed by atoms with Gasteiger partial charge in [0.2, 0.25) is 0 Å². The first-order valence-electron chi connectivity index (χ1n) is 30.8. The van der Waals surface area contributed by atoms with Crippen molar-refractivity contribution in [2.45, 2.75) is 209 Å². The molecule has 17 heteroatoms. The van der Waals surface area contributed by atoms with Crippen molar-refractivity contribution in [1.29, 1.82) is 0 Å². The standard InChI is InChI=1S/C25H36INO5.C24H34INO6.C16H36N.FH/c1-7-20(18-13-27(14-18)24(29)32-25(3,4)5)31-21-12-17(10-11-19(21)26)22(16-8-9-16)15(2)23(28)30-6;1-14(22(28)30-5)21(15-6-7-15)16-8-9-18(25)19(10-16)31-20(13-27)17-11-26(12-17)23(29)32-24(2,3)4;1-5-9-13-17(14-10-6-2,15-11-7-3)16-12-8-4;/h10-12,15-16,18,20,22H,7-9,13-14H2,1-6H3;8-10,14-15,17,20-21,27H,6-7,11-13H2,1-5H3;5-16H2,1-4H3;1H/q;;+1;/p-1/t15-,20-,22-;14-,20-,21-;;/m00../s1. The summed E-state index contributed by atoms with van der Waals surface area (Å²) in [7, 11) is 2.88. The molecule has 82 heavy (non-hydrogen) atoms. The number of likely N-dealkylation sites (tertiary alicyclic amines) is 2. The minimum atomic E-state index is -0.537. The lowest BCUT2D eigenvalue weighted by Crippen LogP contribution is -3.00. The molecule has 0 bridgehead atoms. The summed E-state index contributed by atoms with van der Waals surface area (Å²) in [5, 5.41) is 9.97. The Labute approximate surface area is 521 Å². The van der Waals surface area contributed by atoms with E-state index in [0.717, 1.165) is 56.1 Å². The van der Waals surface area contributed by atoms with Crippen molar-refractivity contribution in [3.8, 4) is 11.5 Å². The van der Waals surface area contributed by atoms with Crippen molar-refractivity contribution in [1.82, 2.24) is 9.80 Å². The number of esters is 2. The van der Waals surface area contributed by atoms with Crippen LogP contribution in [0.15, 0.2) is 36.4 Å². The van der Waals surface area contributed by atoms with Gasteiger partial charge in [-0.1, -0.05) is 86.3 Å². The van der Waals surface area contributed by atoms with Gasteiger partial charge >= 0.3 is 24.1 Å². The molecular weight excluding hydrogens is 1270 g/mol. The summed E-state index contributed by atoms with van der Waals surface area (Å²) >= 11 is 4.52. The fourth-order valence-electron chi connectivity index (χ4n) is 11.4. The number of aliphatic hydroxyl groups is 1. The average Bonchev–Trinajstić information content (AvgIpc) is 4.51. The minimum Gasteiger partial charge on any atom is -1.00 e. The van der Waals surface area contributed by atoms with E-state index >= 15 is 0 Å². The number of carbonyl (C=O) groups excluding carboxylic acids is 4. The van der Waals surface area contributed by atoms with Crippen LogP contribution in [0.2, 0.25) is 0 Å². The molecule has 2 saturated heterocycles. The molecule has 4 aliphatic rings. The second-order valence-electron chi connectivity index (χ2n) is 25.6. The highest BCUT2D eigenvalue weighted by Gasteiger charge is 2.43. The molecule has 468 valence electrons. The SMILES string of the molecule is CCCC[N+](CCCC)(CCCC)CCCC.CC[C@H](Oc1cc([C@H](C2CC2)[C@H](C)C(=O)OC)ccc1I)C1CN(C(=O)OC(C)(C)C)C1.COC(=O)[C@@H](C)[C@H](c1ccc(I)c(O[C@@H](CO)C2CN(C(=O)OC(C)(C)C)C2)c1)C1CC1.[F-]. The first-order chi connectivity index (χ1) is 38.3. The Morgan fingerprint density at radius 1 is 0.573 bits per heavy atom. The lowest BCUT2D eigenvalue weighted by molar-refractivity contribution is -0.929. The maximum absolute atomic E-state index is 12.3. The molecule has 0 radical (unpaired) electrons. The number of quaternary nitrogens is 1. The second kappa shape index (κ2) is 34.8. The molecule has 2 heterocycles. The molecule has 2 aliphatic carbocycles. The quantitative estimate of drug-likeness (QED) is 0.0375. The van der Waals surface area contributed by atoms with Crippen LogP contribution < -0.4 is 14.2 Å². The van der Waals surface area contributed by atoms with Crippen molar-refractivity contribution in [2.75, 3.05) is 73.2 Å². The fourth-order valence-corrected chi connectivity index (χ4v) is 12.3. The van der Waals surface area contributed by atoms with Gasteiger partial charge in [-0.05, 0) is 204 Å². The smallest absolute Gasteiger partial charge is 0.410 e. The molecular formula is C65H106FI2N3O11. The number of methoxy groups -OCH3 is 2. The molecule has 2 aromatic rings. The normalized spacial score (nSPS) is 17.7. The van der Waals surface area contributed by atoms with E-state index in [1.807, 2.05) is 67.5 Å². The number of amides is 2. The molecule has 0 spiro atoms. The molecule has 6 atom stereocenters. The number of hydrogen-bond acceptors (Lipinski definition) is 11. The molecule has 2 saturated carbocycles. The summed E-state index contributed by atoms with van der Waals surface area (Å²) in [5.74, 6) is 2.30. The molecule has 2 amide bonds. The van der Waals surface area contributed by atoms with Gasteiger partial charge in [0, 0.05) is 38.0 Å². The zero-order valence-corrected chi connectivity index (χ0v) is 57.1. The van der Waals surface area contributed by atoms with Gasteiger partial charge < -0.3 is 52.5 Å². The van der Waals surface area contributed by atoms with E-state index < -0.39 is 17.3 Å². The molecule has 6 rings (SSSR count). The average molecular weight is 1380 g/mol. The molecule has 14 nitrogen and oxygen atoms in total. The third kappa shape index (κ3) is 22.9. The number of rotatable bonds is 28. The molecule has 0 aromatic heterocycles. The number of nitrogens with zero attached hydrogens (tertiary/aromatic N) is 3. The van der Waals surface area contributed by atoms with Crippen molar-refractivity contribution >= 4 is 69.3 Å². The Morgan fingerprint density at radius 2 is 0.902 bits per heavy atom. The van der Waals surface area contributed by atoms with Gasteiger partial charge in [0.05, 0.1) is 66.0 Å². The molecule has 2 aliphatic heterocycles. The van der Waals surface area contributed by atoms with Crippen LogP contribution in [0.1, 0.15) is 196 Å². The monoisotopic (exact) mass is 1380 g/mol. The number of benzene rings is 2. The molecule has 0 unspecified atom stereocenters. The minimum absolute atomic E-state index is 0. The van der Waals surface area contributed by atoms with E-state index in [1.165, 1.54) is 96.2 Å². The lowest BCUT2D eigenvalue weighted by atomic mass is 9.83. The number of unbranched alkanes of at least 4 members (excludes halogenated alkanes) is 4. The van der Waals surface area contributed by atoms with Gasteiger partial charge in [0.15, 0.2) is 0 Å². The second-order valence-corrected chi connectivity index (χ2v) is 27.9. The number of aliphatic hydroxyl groups excluding tert-OH is 1. The van der Waals surface area contributed by atoms with Crippen LogP contribution in [0.3, 0.4) is 0 Å². The van der Waals surface area contributed by atoms with Gasteiger partial charge in [-0.2, -0.15) is 0 Å². The fraction of sp³-hybridized carbons (Fsp3) is 0.754. The predicted molar refractivity (Wildman–Crippen MR) is 340 cm³/mol. The third-order valence-corrected chi connectivity index (χ3v) is 18.2. The molecule has 2 aromatic carbocycles. The number of ether oxygens (including phenoxy) is 6. The van der Waals surface area contributed by atoms with E-state index in [4.69, 9.17) is 28.4 Å². The van der Waals surface area contributed by atoms with Gasteiger partial charge in [0.1, 0.15) is 34.9 Å². The van der Waals surface area contributed by atoms with Gasteiger partial charge in [-0.15, -0.1) is 0 Å². The highest BCUT2D eigenvalue weighted by Crippen LogP contribution is 2.49. The number of halogens is 3. The first kappa shape index (κ1) is 73.1. The lowest BCUT2D eigenvalue weighted by Gasteiger charge is -2.43. The summed E-state index contributed by atoms with van der Waals surface area (Å²) in [6, 6.07) is 12.3. The maximum atomic E-state index is 12.3. The van der Waals surface area contributed by atoms with Gasteiger partial charge in [0.25, 0.3) is 0 Å². The number of carbonyl (C=O) groups is 4. The Bertz CT molecular complexity index is 2080. The van der Waals surface area contributed by atoms with Crippen molar-refractivity contribution in [3.63, 3.8) is 0 Å². The highest BCUT2D eigenvalue weighted by atomic mass is 127. The van der Waals surface area contributed by atoms with Crippen LogP contribution in [-0.2, 0) is 28.5 Å². The van der Waals surface area contributed by atoms with Crippen molar-refractivity contribution in [3.05, 3.63) is 54.7 Å². The van der Waals surface area contributed by atoms with Crippen LogP contribution in [-0.4, -0.2) is 140 Å². The van der Waals surface area contributed by atoms with Gasteiger partial charge in [-0.25, -0.2) is 9.59 Å². The highest BCUT2D eigenvalue weighted by molar-refractivity contribution is 14.1. The summed E-state index contributed by atoms with van der Waals surface area (Å²) in [4.78, 5) is 52.3. The molecule has 4 fully saturated rings. The van der Waals surface area contributed by atoms with Crippen molar-refractivity contribution in [2.24, 2.45) is 35.5 Å². The third-order valence-electron chi connectivity index (χ3n) is 16.4. The van der Waals surface area contributed by atoms with E-state index in [1.54, 1.807) is 9.80 Å². The maximum Gasteiger partial charge on any atom is 0.410 e. The number of hydrogen-bond donors (Lipinski definition) is 1. The summed E-state index contributed by atoms with van der Waals surface area (Å²) < 4.78 is 37.0. The van der Waals surface area contributed by atoms with Crippen LogP contribution in [0.4, 0.5) is 9.59 Å². The van der Waals surface area contributed by atoms with Crippen molar-refractivity contribution < 1.29 is 61.9 Å². The van der Waals surface area contributed by atoms with Crippen LogP contribution >= 0.6 is 45.2 Å². The molecule has 1 N–H and O–H groups in total. The predicted octanol–water partition coefficient (Wildman–Crippen LogP) is 11.8. The summed E-state index contributed by atoms with van der Waals surface area (Å²) in [5.41, 5.74) is 1.17. The Hall–Kier alpha value is -3.17.